The number of aryl methyl sites for hydroxylation is 2. The molecule has 0 aliphatic heterocycles. The van der Waals surface area contributed by atoms with Crippen LogP contribution in [0, 0.1) is 13.8 Å². The molecule has 2 rings (SSSR count). The van der Waals surface area contributed by atoms with Crippen molar-refractivity contribution in [2.45, 2.75) is 13.8 Å². The van der Waals surface area contributed by atoms with Gasteiger partial charge in [-0.1, -0.05) is 17.3 Å². The number of oxime groups is 1. The highest BCUT2D eigenvalue weighted by Crippen LogP contribution is 2.18. The number of benzene rings is 1. The summed E-state index contributed by atoms with van der Waals surface area (Å²) in [4.78, 5) is 0. The molecule has 17 heavy (non-hydrogen) atoms. The Balaban J connectivity index is 2.67. The summed E-state index contributed by atoms with van der Waals surface area (Å²) in [6.07, 6.45) is 1.85. The fraction of sp³-hybridized carbons (Fsp3) is 0.167. The maximum Gasteiger partial charge on any atom is 0.172 e. The SMILES string of the molecule is Cc1ccn(-c2c(C)cccc2/C(N)=N/O)n1. The Morgan fingerprint density at radius 3 is 2.71 bits per heavy atom. The predicted molar refractivity (Wildman–Crippen MR) is 65.5 cm³/mol. The van der Waals surface area contributed by atoms with E-state index in [4.69, 9.17) is 10.9 Å². The summed E-state index contributed by atoms with van der Waals surface area (Å²) in [7, 11) is 0. The highest BCUT2D eigenvalue weighted by molar-refractivity contribution is 6.00. The van der Waals surface area contributed by atoms with E-state index >= 15 is 0 Å². The number of nitrogens with two attached hydrogens (primary N) is 1. The number of rotatable bonds is 2. The molecule has 0 spiro atoms. The molecule has 0 amide bonds. The molecule has 1 heterocycles. The van der Waals surface area contributed by atoms with Crippen LogP contribution in [0.4, 0.5) is 0 Å². The monoisotopic (exact) mass is 230 g/mol. The summed E-state index contributed by atoms with van der Waals surface area (Å²) < 4.78 is 1.73. The number of para-hydroxylation sites is 1. The average Bonchev–Trinajstić information content (AvgIpc) is 2.74. The Hall–Kier alpha value is -2.30. The molecule has 5 nitrogen and oxygen atoms in total. The first-order valence-corrected chi connectivity index (χ1v) is 5.23. The van der Waals surface area contributed by atoms with E-state index in [2.05, 4.69) is 10.3 Å². The van der Waals surface area contributed by atoms with Crippen LogP contribution in [0.15, 0.2) is 35.6 Å². The van der Waals surface area contributed by atoms with Gasteiger partial charge in [-0.3, -0.25) is 0 Å². The lowest BCUT2D eigenvalue weighted by Crippen LogP contribution is -2.17. The second kappa shape index (κ2) is 4.29. The molecular weight excluding hydrogens is 216 g/mol. The molecule has 0 radical (unpaired) electrons. The quantitative estimate of drug-likeness (QED) is 0.356. The Kier molecular flexibility index (Phi) is 2.82. The summed E-state index contributed by atoms with van der Waals surface area (Å²) in [6.45, 7) is 3.87. The standard InChI is InChI=1S/C12H14N4O/c1-8-4-3-5-10(12(13)15-17)11(8)16-7-6-9(2)14-16/h3-7,17H,1-2H3,(H2,13,15). The first-order chi connectivity index (χ1) is 8.13. The van der Waals surface area contributed by atoms with Crippen molar-refractivity contribution >= 4 is 5.84 Å². The average molecular weight is 230 g/mol. The zero-order valence-electron chi connectivity index (χ0n) is 9.75. The Bertz CT molecular complexity index is 572. The van der Waals surface area contributed by atoms with E-state index < -0.39 is 0 Å². The van der Waals surface area contributed by atoms with Gasteiger partial charge >= 0.3 is 0 Å². The zero-order valence-corrected chi connectivity index (χ0v) is 9.75. The van der Waals surface area contributed by atoms with Crippen molar-refractivity contribution in [2.75, 3.05) is 0 Å². The van der Waals surface area contributed by atoms with Crippen LogP contribution in [0.25, 0.3) is 5.69 Å². The number of amidine groups is 1. The molecule has 0 unspecified atom stereocenters. The molecule has 0 fully saturated rings. The topological polar surface area (TPSA) is 76.4 Å². The summed E-state index contributed by atoms with van der Waals surface area (Å²) in [5, 5.41) is 16.2. The van der Waals surface area contributed by atoms with Crippen molar-refractivity contribution in [3.8, 4) is 5.69 Å². The smallest absolute Gasteiger partial charge is 0.172 e. The molecule has 3 N–H and O–H groups in total. The summed E-state index contributed by atoms with van der Waals surface area (Å²) in [5.41, 5.74) is 9.09. The van der Waals surface area contributed by atoms with Gasteiger partial charge in [0, 0.05) is 11.8 Å². The van der Waals surface area contributed by atoms with Gasteiger partial charge in [0.15, 0.2) is 5.84 Å². The molecule has 1 aromatic carbocycles. The van der Waals surface area contributed by atoms with Gasteiger partial charge in [-0.15, -0.1) is 0 Å². The molecule has 0 aliphatic carbocycles. The predicted octanol–water partition coefficient (Wildman–Crippen LogP) is 1.58. The van der Waals surface area contributed by atoms with E-state index in [1.54, 1.807) is 10.7 Å². The van der Waals surface area contributed by atoms with Crippen LogP contribution in [0.5, 0.6) is 0 Å². The second-order valence-corrected chi connectivity index (χ2v) is 3.86. The Morgan fingerprint density at radius 1 is 1.35 bits per heavy atom. The van der Waals surface area contributed by atoms with Crippen LogP contribution < -0.4 is 5.73 Å². The first kappa shape index (κ1) is 11.2. The lowest BCUT2D eigenvalue weighted by atomic mass is 10.1. The third-order valence-corrected chi connectivity index (χ3v) is 2.57. The van der Waals surface area contributed by atoms with Crippen LogP contribution in [0.3, 0.4) is 0 Å². The van der Waals surface area contributed by atoms with Gasteiger partial charge in [-0.2, -0.15) is 5.10 Å². The van der Waals surface area contributed by atoms with E-state index in [0.29, 0.717) is 5.56 Å². The largest absolute Gasteiger partial charge is 0.409 e. The molecule has 5 heteroatoms. The number of aromatic nitrogens is 2. The van der Waals surface area contributed by atoms with Crippen molar-refractivity contribution < 1.29 is 5.21 Å². The second-order valence-electron chi connectivity index (χ2n) is 3.86. The molecule has 0 bridgehead atoms. The van der Waals surface area contributed by atoms with Gasteiger partial charge in [0.1, 0.15) is 0 Å². The van der Waals surface area contributed by atoms with Crippen molar-refractivity contribution in [1.82, 2.24) is 9.78 Å². The minimum Gasteiger partial charge on any atom is -0.409 e. The fourth-order valence-corrected chi connectivity index (χ4v) is 1.76. The molecule has 0 saturated carbocycles. The van der Waals surface area contributed by atoms with Gasteiger partial charge < -0.3 is 10.9 Å². The van der Waals surface area contributed by atoms with E-state index in [1.165, 1.54) is 0 Å². The number of nitrogens with zero attached hydrogens (tertiary/aromatic N) is 3. The zero-order chi connectivity index (χ0) is 12.4. The molecule has 88 valence electrons. The van der Waals surface area contributed by atoms with Crippen LogP contribution in [0.1, 0.15) is 16.8 Å². The fourth-order valence-electron chi connectivity index (χ4n) is 1.76. The minimum atomic E-state index is 0.0804. The van der Waals surface area contributed by atoms with Crippen LogP contribution >= 0.6 is 0 Å². The van der Waals surface area contributed by atoms with Crippen LogP contribution in [-0.2, 0) is 0 Å². The van der Waals surface area contributed by atoms with Crippen molar-refractivity contribution in [2.24, 2.45) is 10.9 Å². The Morgan fingerprint density at radius 2 is 2.12 bits per heavy atom. The van der Waals surface area contributed by atoms with E-state index in [1.807, 2.05) is 38.2 Å². The molecular formula is C12H14N4O. The highest BCUT2D eigenvalue weighted by atomic mass is 16.4. The molecule has 2 aromatic rings. The number of hydrogen-bond donors (Lipinski definition) is 2. The lowest BCUT2D eigenvalue weighted by Gasteiger charge is -2.11. The van der Waals surface area contributed by atoms with E-state index in [-0.39, 0.29) is 5.84 Å². The van der Waals surface area contributed by atoms with Gasteiger partial charge in [-0.25, -0.2) is 4.68 Å². The minimum absolute atomic E-state index is 0.0804. The molecule has 0 saturated heterocycles. The normalized spacial score (nSPS) is 11.8. The van der Waals surface area contributed by atoms with Crippen molar-refractivity contribution in [3.63, 3.8) is 0 Å². The van der Waals surface area contributed by atoms with E-state index in [9.17, 15) is 0 Å². The van der Waals surface area contributed by atoms with Gasteiger partial charge in [0.25, 0.3) is 0 Å². The Labute approximate surface area is 99.2 Å². The highest BCUT2D eigenvalue weighted by Gasteiger charge is 2.11. The van der Waals surface area contributed by atoms with Gasteiger partial charge in [-0.05, 0) is 31.5 Å². The van der Waals surface area contributed by atoms with Gasteiger partial charge in [0.05, 0.1) is 11.4 Å². The third kappa shape index (κ3) is 1.99. The third-order valence-electron chi connectivity index (χ3n) is 2.57. The van der Waals surface area contributed by atoms with Crippen LogP contribution in [-0.4, -0.2) is 20.8 Å². The summed E-state index contributed by atoms with van der Waals surface area (Å²) >= 11 is 0. The molecule has 1 aromatic heterocycles. The maximum atomic E-state index is 8.79. The lowest BCUT2D eigenvalue weighted by molar-refractivity contribution is 0.318. The summed E-state index contributed by atoms with van der Waals surface area (Å²) in [5.74, 6) is 0.0804. The van der Waals surface area contributed by atoms with Crippen LogP contribution in [0.2, 0.25) is 0 Å². The number of hydrogen-bond acceptors (Lipinski definition) is 3. The van der Waals surface area contributed by atoms with Crippen molar-refractivity contribution in [1.29, 1.82) is 0 Å². The summed E-state index contributed by atoms with van der Waals surface area (Å²) in [6, 6.07) is 7.53. The van der Waals surface area contributed by atoms with Gasteiger partial charge in [0.2, 0.25) is 0 Å². The van der Waals surface area contributed by atoms with E-state index in [0.717, 1.165) is 16.9 Å². The molecule has 0 aliphatic rings. The van der Waals surface area contributed by atoms with Crippen molar-refractivity contribution in [3.05, 3.63) is 47.3 Å². The first-order valence-electron chi connectivity index (χ1n) is 5.23. The molecule has 0 atom stereocenters. The maximum absolute atomic E-state index is 8.79.